The molecule has 0 unspecified atom stereocenters. The van der Waals surface area contributed by atoms with Gasteiger partial charge in [0.2, 0.25) is 17.7 Å². The lowest BCUT2D eigenvalue weighted by molar-refractivity contribution is -0.145. The summed E-state index contributed by atoms with van der Waals surface area (Å²) in [6.07, 6.45) is 4.46. The Labute approximate surface area is 213 Å². The lowest BCUT2D eigenvalue weighted by atomic mass is 9.70. The number of hydrogen-bond donors (Lipinski definition) is 2. The molecule has 8 nitrogen and oxygen atoms in total. The normalized spacial score (nSPS) is 30.6. The number of methoxy groups -OCH3 is 1. The van der Waals surface area contributed by atoms with Crippen LogP contribution in [-0.2, 0) is 25.7 Å². The summed E-state index contributed by atoms with van der Waals surface area (Å²) in [6.45, 7) is 12.5. The van der Waals surface area contributed by atoms with E-state index < -0.39 is 34.6 Å². The lowest BCUT2D eigenvalue weighted by Gasteiger charge is -2.35. The summed E-state index contributed by atoms with van der Waals surface area (Å²) in [7, 11) is 1.61. The first kappa shape index (κ1) is 26.2. The molecule has 1 aromatic carbocycles. The van der Waals surface area contributed by atoms with Crippen molar-refractivity contribution in [3.63, 3.8) is 0 Å². The minimum absolute atomic E-state index is 0.192. The fraction of sp³-hybridized carbons (Fsp3) is 0.607. The van der Waals surface area contributed by atoms with Crippen LogP contribution in [0.3, 0.4) is 0 Å². The Hall–Kier alpha value is -2.87. The molecule has 3 heterocycles. The van der Waals surface area contributed by atoms with Crippen LogP contribution < -0.4 is 15.4 Å². The van der Waals surface area contributed by atoms with Gasteiger partial charge < -0.3 is 25.0 Å². The third-order valence-electron chi connectivity index (χ3n) is 7.40. The second-order valence-electron chi connectivity index (χ2n) is 11.8. The molecule has 36 heavy (non-hydrogen) atoms. The highest BCUT2D eigenvalue weighted by atomic mass is 16.5. The SMILES string of the molecule is COc1ccc(CNC(=O)[C@@H]2[C@@H]3C(=O)N(CCC(C)C)[C@@H](C(=O)NC(C)(C)C)[C@]34C=C[C@@]2(C)O4)cc1. The largest absolute Gasteiger partial charge is 0.497 e. The van der Waals surface area contributed by atoms with Crippen LogP contribution in [0.25, 0.3) is 0 Å². The van der Waals surface area contributed by atoms with Crippen LogP contribution >= 0.6 is 0 Å². The maximum atomic E-state index is 13.9. The van der Waals surface area contributed by atoms with Gasteiger partial charge >= 0.3 is 0 Å². The van der Waals surface area contributed by atoms with E-state index in [9.17, 15) is 14.4 Å². The minimum Gasteiger partial charge on any atom is -0.497 e. The Balaban J connectivity index is 1.62. The maximum absolute atomic E-state index is 13.9. The van der Waals surface area contributed by atoms with Gasteiger partial charge in [-0.3, -0.25) is 14.4 Å². The highest BCUT2D eigenvalue weighted by Crippen LogP contribution is 2.59. The number of ether oxygens (including phenoxy) is 2. The molecule has 2 fully saturated rings. The summed E-state index contributed by atoms with van der Waals surface area (Å²) >= 11 is 0. The molecule has 5 atom stereocenters. The lowest BCUT2D eigenvalue weighted by Crippen LogP contribution is -2.58. The number of hydrogen-bond acceptors (Lipinski definition) is 5. The van der Waals surface area contributed by atoms with Crippen LogP contribution in [0.1, 0.15) is 53.5 Å². The average molecular weight is 498 g/mol. The van der Waals surface area contributed by atoms with Crippen molar-refractivity contribution in [2.75, 3.05) is 13.7 Å². The fourth-order valence-corrected chi connectivity index (χ4v) is 5.75. The van der Waals surface area contributed by atoms with Crippen molar-refractivity contribution < 1.29 is 23.9 Å². The molecule has 4 rings (SSSR count). The van der Waals surface area contributed by atoms with E-state index in [1.807, 2.05) is 64.1 Å². The van der Waals surface area contributed by atoms with Gasteiger partial charge in [-0.1, -0.05) is 38.1 Å². The van der Waals surface area contributed by atoms with Crippen LogP contribution in [0, 0.1) is 17.8 Å². The van der Waals surface area contributed by atoms with Gasteiger partial charge in [-0.25, -0.2) is 0 Å². The van der Waals surface area contributed by atoms with Gasteiger partial charge in [-0.15, -0.1) is 0 Å². The van der Waals surface area contributed by atoms with Crippen molar-refractivity contribution in [2.24, 2.45) is 17.8 Å². The first-order valence-electron chi connectivity index (χ1n) is 12.7. The van der Waals surface area contributed by atoms with Crippen molar-refractivity contribution in [2.45, 2.75) is 77.3 Å². The first-order chi connectivity index (χ1) is 16.8. The minimum atomic E-state index is -1.17. The van der Waals surface area contributed by atoms with E-state index in [0.717, 1.165) is 17.7 Å². The van der Waals surface area contributed by atoms with Gasteiger partial charge in [-0.05, 0) is 57.7 Å². The zero-order valence-electron chi connectivity index (χ0n) is 22.4. The zero-order valence-corrected chi connectivity index (χ0v) is 22.4. The quantitative estimate of drug-likeness (QED) is 0.539. The Kier molecular flexibility index (Phi) is 6.71. The first-order valence-corrected chi connectivity index (χ1v) is 12.7. The molecular weight excluding hydrogens is 458 g/mol. The van der Waals surface area contributed by atoms with Crippen LogP contribution in [-0.4, -0.2) is 59.1 Å². The van der Waals surface area contributed by atoms with Crippen molar-refractivity contribution in [1.82, 2.24) is 15.5 Å². The number of nitrogens with one attached hydrogen (secondary N) is 2. The third kappa shape index (κ3) is 4.51. The molecule has 3 amide bonds. The van der Waals surface area contributed by atoms with Crippen LogP contribution in [0.5, 0.6) is 5.75 Å². The van der Waals surface area contributed by atoms with E-state index in [2.05, 4.69) is 24.5 Å². The standard InChI is InChI=1S/C28H39N3O5/c1-17(2)12-15-31-22(24(33)30-26(3,4)5)28-14-13-27(6,36-28)20(21(28)25(31)34)23(32)29-16-18-8-10-19(35-7)11-9-18/h8-11,13-14,17,20-22H,12,15-16H2,1-7H3,(H,29,32)(H,30,33)/t20-,21+,22-,27+,28-/m0/s1. The molecule has 0 saturated carbocycles. The van der Waals surface area contributed by atoms with Crippen molar-refractivity contribution in [3.05, 3.63) is 42.0 Å². The molecule has 1 aromatic rings. The second kappa shape index (κ2) is 9.21. The van der Waals surface area contributed by atoms with E-state index in [1.54, 1.807) is 12.0 Å². The monoisotopic (exact) mass is 497 g/mol. The van der Waals surface area contributed by atoms with Crippen LogP contribution in [0.4, 0.5) is 0 Å². The number of likely N-dealkylation sites (tertiary alicyclic amines) is 1. The number of rotatable bonds is 8. The fourth-order valence-electron chi connectivity index (χ4n) is 5.75. The Morgan fingerprint density at radius 2 is 1.81 bits per heavy atom. The topological polar surface area (TPSA) is 97.0 Å². The maximum Gasteiger partial charge on any atom is 0.246 e. The molecule has 1 spiro atoms. The summed E-state index contributed by atoms with van der Waals surface area (Å²) in [4.78, 5) is 42.7. The molecular formula is C28H39N3O5. The van der Waals surface area contributed by atoms with E-state index in [-0.39, 0.29) is 17.7 Å². The summed E-state index contributed by atoms with van der Waals surface area (Å²) in [6, 6.07) is 6.63. The highest BCUT2D eigenvalue weighted by Gasteiger charge is 2.76. The number of nitrogens with zero attached hydrogens (tertiary/aromatic N) is 1. The molecule has 3 aliphatic heterocycles. The average Bonchev–Trinajstić information content (AvgIpc) is 3.35. The second-order valence-corrected chi connectivity index (χ2v) is 11.8. The number of carbonyl (C=O) groups is 3. The molecule has 2 N–H and O–H groups in total. The van der Waals surface area contributed by atoms with Gasteiger partial charge in [0.15, 0.2) is 0 Å². The summed E-state index contributed by atoms with van der Waals surface area (Å²) in [5.41, 5.74) is -1.69. The van der Waals surface area contributed by atoms with Crippen molar-refractivity contribution >= 4 is 17.7 Å². The van der Waals surface area contributed by atoms with Gasteiger partial charge in [0, 0.05) is 18.6 Å². The number of amides is 3. The zero-order chi connectivity index (χ0) is 26.5. The van der Waals surface area contributed by atoms with E-state index in [0.29, 0.717) is 19.0 Å². The molecule has 8 heteroatoms. The van der Waals surface area contributed by atoms with E-state index in [4.69, 9.17) is 9.47 Å². The summed E-state index contributed by atoms with van der Waals surface area (Å²) in [5, 5.41) is 6.05. The predicted octanol–water partition coefficient (Wildman–Crippen LogP) is 2.81. The summed E-state index contributed by atoms with van der Waals surface area (Å²) < 4.78 is 11.7. The Morgan fingerprint density at radius 1 is 1.14 bits per heavy atom. The van der Waals surface area contributed by atoms with Crippen LogP contribution in [0.15, 0.2) is 36.4 Å². The predicted molar refractivity (Wildman–Crippen MR) is 136 cm³/mol. The van der Waals surface area contributed by atoms with Gasteiger partial charge in [-0.2, -0.15) is 0 Å². The van der Waals surface area contributed by atoms with Crippen LogP contribution in [0.2, 0.25) is 0 Å². The van der Waals surface area contributed by atoms with E-state index >= 15 is 0 Å². The molecule has 2 bridgehead atoms. The van der Waals surface area contributed by atoms with Crippen molar-refractivity contribution in [1.29, 1.82) is 0 Å². The summed E-state index contributed by atoms with van der Waals surface area (Å²) in [5.74, 6) is -1.09. The van der Waals surface area contributed by atoms with Gasteiger partial charge in [0.1, 0.15) is 17.4 Å². The molecule has 2 saturated heterocycles. The number of fused-ring (bicyclic) bond motifs is 1. The van der Waals surface area contributed by atoms with E-state index in [1.165, 1.54) is 0 Å². The molecule has 3 aliphatic rings. The smallest absolute Gasteiger partial charge is 0.246 e. The Bertz CT molecular complexity index is 1060. The number of carbonyl (C=O) groups excluding carboxylic acids is 3. The van der Waals surface area contributed by atoms with Gasteiger partial charge in [0.25, 0.3) is 0 Å². The third-order valence-corrected chi connectivity index (χ3v) is 7.40. The highest BCUT2D eigenvalue weighted by molar-refractivity contribution is 6.00. The molecule has 0 aliphatic carbocycles. The molecule has 0 radical (unpaired) electrons. The van der Waals surface area contributed by atoms with Gasteiger partial charge in [0.05, 0.1) is 24.5 Å². The Morgan fingerprint density at radius 3 is 2.39 bits per heavy atom. The molecule has 196 valence electrons. The number of benzene rings is 1. The van der Waals surface area contributed by atoms with Crippen molar-refractivity contribution in [3.8, 4) is 5.75 Å². The molecule has 0 aromatic heterocycles.